The molecule has 0 amide bonds. The van der Waals surface area contributed by atoms with E-state index in [4.69, 9.17) is 5.11 Å². The third-order valence-electron chi connectivity index (χ3n) is 2.68. The van der Waals surface area contributed by atoms with E-state index in [1.807, 2.05) is 18.2 Å². The fourth-order valence-corrected chi connectivity index (χ4v) is 1.71. The molecule has 0 spiro atoms. The topological polar surface area (TPSA) is 50.2 Å². The molecule has 0 saturated carbocycles. The second-order valence-corrected chi connectivity index (χ2v) is 4.13. The van der Waals surface area contributed by atoms with Gasteiger partial charge in [-0.3, -0.25) is 4.98 Å². The summed E-state index contributed by atoms with van der Waals surface area (Å²) in [6, 6.07) is 5.87. The summed E-state index contributed by atoms with van der Waals surface area (Å²) >= 11 is 0. The average Bonchev–Trinajstić information content (AvgIpc) is 2.27. The highest BCUT2D eigenvalue weighted by Gasteiger charge is 2.10. The van der Waals surface area contributed by atoms with Crippen LogP contribution in [0.2, 0.25) is 0 Å². The highest BCUT2D eigenvalue weighted by atomic mass is 16.4. The number of benzene rings is 1. The van der Waals surface area contributed by atoms with Gasteiger partial charge in [0.15, 0.2) is 0 Å². The first kappa shape index (κ1) is 10.6. The second kappa shape index (κ2) is 3.93. The molecule has 1 aromatic carbocycles. The molecule has 3 nitrogen and oxygen atoms in total. The molecule has 2 rings (SSSR count). The van der Waals surface area contributed by atoms with E-state index in [0.29, 0.717) is 5.92 Å². The summed E-state index contributed by atoms with van der Waals surface area (Å²) in [5, 5.41) is 10.7. The number of aromatic carboxylic acids is 1. The normalized spacial score (nSPS) is 10.9. The largest absolute Gasteiger partial charge is 0.478 e. The lowest BCUT2D eigenvalue weighted by Gasteiger charge is -2.08. The predicted octanol–water partition coefficient (Wildman–Crippen LogP) is 3.06. The van der Waals surface area contributed by atoms with Crippen LogP contribution in [0.1, 0.15) is 35.7 Å². The average molecular weight is 215 g/mol. The van der Waals surface area contributed by atoms with E-state index in [0.717, 1.165) is 16.3 Å². The van der Waals surface area contributed by atoms with Crippen LogP contribution in [0.5, 0.6) is 0 Å². The molecule has 0 bridgehead atoms. The van der Waals surface area contributed by atoms with Crippen LogP contribution < -0.4 is 0 Å². The van der Waals surface area contributed by atoms with E-state index in [1.54, 1.807) is 6.20 Å². The van der Waals surface area contributed by atoms with Crippen molar-refractivity contribution in [2.24, 2.45) is 0 Å². The molecular weight excluding hydrogens is 202 g/mol. The Labute approximate surface area is 93.7 Å². The number of carbonyl (C=O) groups is 1. The van der Waals surface area contributed by atoms with Crippen LogP contribution in [0, 0.1) is 0 Å². The van der Waals surface area contributed by atoms with Gasteiger partial charge in [0.25, 0.3) is 0 Å². The van der Waals surface area contributed by atoms with Crippen LogP contribution >= 0.6 is 0 Å². The number of pyridine rings is 1. The fourth-order valence-electron chi connectivity index (χ4n) is 1.71. The predicted molar refractivity (Wildman–Crippen MR) is 62.8 cm³/mol. The quantitative estimate of drug-likeness (QED) is 0.837. The summed E-state index contributed by atoms with van der Waals surface area (Å²) in [6.45, 7) is 4.17. The van der Waals surface area contributed by atoms with Crippen LogP contribution in [-0.4, -0.2) is 16.1 Å². The monoisotopic (exact) mass is 215 g/mol. The first-order valence-corrected chi connectivity index (χ1v) is 5.20. The Bertz CT molecular complexity index is 547. The Kier molecular flexibility index (Phi) is 2.60. The summed E-state index contributed by atoms with van der Waals surface area (Å²) in [5.74, 6) is -0.543. The summed E-state index contributed by atoms with van der Waals surface area (Å²) in [5.41, 5.74) is 1.40. The summed E-state index contributed by atoms with van der Waals surface area (Å²) < 4.78 is 0. The molecule has 0 fully saturated rings. The van der Waals surface area contributed by atoms with Crippen molar-refractivity contribution < 1.29 is 9.90 Å². The summed E-state index contributed by atoms with van der Waals surface area (Å²) in [6.07, 6.45) is 3.08. The number of hydrogen-bond acceptors (Lipinski definition) is 2. The fraction of sp³-hybridized carbons (Fsp3) is 0.231. The molecule has 0 saturated heterocycles. The lowest BCUT2D eigenvalue weighted by atomic mass is 9.98. The third-order valence-corrected chi connectivity index (χ3v) is 2.68. The highest BCUT2D eigenvalue weighted by molar-refractivity contribution is 6.03. The lowest BCUT2D eigenvalue weighted by Crippen LogP contribution is -1.99. The van der Waals surface area contributed by atoms with E-state index in [-0.39, 0.29) is 5.56 Å². The molecule has 82 valence electrons. The minimum atomic E-state index is -0.931. The van der Waals surface area contributed by atoms with Crippen molar-refractivity contribution in [1.29, 1.82) is 0 Å². The molecule has 0 aliphatic rings. The number of rotatable bonds is 2. The summed E-state index contributed by atoms with van der Waals surface area (Å²) in [4.78, 5) is 15.0. The first-order chi connectivity index (χ1) is 7.59. The van der Waals surface area contributed by atoms with E-state index >= 15 is 0 Å². The Morgan fingerprint density at radius 2 is 2.06 bits per heavy atom. The smallest absolute Gasteiger partial charge is 0.337 e. The number of fused-ring (bicyclic) bond motifs is 1. The molecule has 3 heteroatoms. The zero-order chi connectivity index (χ0) is 11.7. The molecule has 0 radical (unpaired) electrons. The van der Waals surface area contributed by atoms with Gasteiger partial charge in [-0.2, -0.15) is 0 Å². The van der Waals surface area contributed by atoms with Crippen molar-refractivity contribution in [3.8, 4) is 0 Å². The molecule has 0 aliphatic carbocycles. The van der Waals surface area contributed by atoms with Gasteiger partial charge in [-0.25, -0.2) is 4.79 Å². The highest BCUT2D eigenvalue weighted by Crippen LogP contribution is 2.23. The maximum atomic E-state index is 11.1. The van der Waals surface area contributed by atoms with Crippen LogP contribution in [0.15, 0.2) is 30.6 Å². The van der Waals surface area contributed by atoms with Crippen LogP contribution in [0.4, 0.5) is 0 Å². The zero-order valence-corrected chi connectivity index (χ0v) is 9.27. The van der Waals surface area contributed by atoms with Crippen molar-refractivity contribution in [2.75, 3.05) is 0 Å². The number of aromatic nitrogens is 1. The molecular formula is C13H13NO2. The Morgan fingerprint density at radius 3 is 2.69 bits per heavy atom. The first-order valence-electron chi connectivity index (χ1n) is 5.20. The molecule has 0 aliphatic heterocycles. The standard InChI is InChI=1S/C13H13NO2/c1-8(2)9-3-4-10-6-14-7-12(13(15)16)11(10)5-9/h3-8H,1-2H3,(H,15,16). The van der Waals surface area contributed by atoms with E-state index in [1.165, 1.54) is 6.20 Å². The van der Waals surface area contributed by atoms with Crippen LogP contribution in [0.3, 0.4) is 0 Å². The van der Waals surface area contributed by atoms with Gasteiger partial charge >= 0.3 is 5.97 Å². The second-order valence-electron chi connectivity index (χ2n) is 4.13. The molecule has 2 aromatic rings. The summed E-state index contributed by atoms with van der Waals surface area (Å²) in [7, 11) is 0. The Hall–Kier alpha value is -1.90. The molecule has 1 heterocycles. The lowest BCUT2D eigenvalue weighted by molar-refractivity contribution is 0.0698. The van der Waals surface area contributed by atoms with Gasteiger partial charge in [-0.05, 0) is 22.9 Å². The molecule has 0 unspecified atom stereocenters. The number of hydrogen-bond donors (Lipinski definition) is 1. The third kappa shape index (κ3) is 1.76. The van der Waals surface area contributed by atoms with Gasteiger partial charge in [-0.15, -0.1) is 0 Å². The Balaban J connectivity index is 2.73. The van der Waals surface area contributed by atoms with E-state index in [2.05, 4.69) is 18.8 Å². The van der Waals surface area contributed by atoms with Crippen LogP contribution in [-0.2, 0) is 0 Å². The van der Waals surface area contributed by atoms with Gasteiger partial charge in [-0.1, -0.05) is 26.0 Å². The maximum absolute atomic E-state index is 11.1. The van der Waals surface area contributed by atoms with Gasteiger partial charge < -0.3 is 5.11 Å². The number of nitrogens with zero attached hydrogens (tertiary/aromatic N) is 1. The van der Waals surface area contributed by atoms with Gasteiger partial charge in [0.1, 0.15) is 0 Å². The van der Waals surface area contributed by atoms with E-state index in [9.17, 15) is 4.79 Å². The van der Waals surface area contributed by atoms with Crippen LogP contribution in [0.25, 0.3) is 10.8 Å². The van der Waals surface area contributed by atoms with Crippen molar-refractivity contribution in [3.05, 3.63) is 41.7 Å². The zero-order valence-electron chi connectivity index (χ0n) is 9.27. The number of carboxylic acid groups (broad SMARTS) is 1. The van der Waals surface area contributed by atoms with Crippen molar-refractivity contribution in [1.82, 2.24) is 4.98 Å². The van der Waals surface area contributed by atoms with Gasteiger partial charge in [0.05, 0.1) is 5.56 Å². The molecule has 1 aromatic heterocycles. The van der Waals surface area contributed by atoms with Crippen molar-refractivity contribution in [2.45, 2.75) is 19.8 Å². The SMILES string of the molecule is CC(C)c1ccc2cncc(C(=O)O)c2c1. The van der Waals surface area contributed by atoms with Gasteiger partial charge in [0.2, 0.25) is 0 Å². The molecule has 1 N–H and O–H groups in total. The van der Waals surface area contributed by atoms with E-state index < -0.39 is 5.97 Å². The maximum Gasteiger partial charge on any atom is 0.337 e. The minimum Gasteiger partial charge on any atom is -0.478 e. The van der Waals surface area contributed by atoms with Crippen molar-refractivity contribution in [3.63, 3.8) is 0 Å². The molecule has 0 atom stereocenters. The van der Waals surface area contributed by atoms with Gasteiger partial charge in [0, 0.05) is 17.8 Å². The number of carboxylic acids is 1. The minimum absolute atomic E-state index is 0.264. The molecule has 16 heavy (non-hydrogen) atoms. The van der Waals surface area contributed by atoms with Crippen molar-refractivity contribution >= 4 is 16.7 Å². The Morgan fingerprint density at radius 1 is 1.31 bits per heavy atom.